The van der Waals surface area contributed by atoms with E-state index in [2.05, 4.69) is 5.32 Å². The SMILES string of the molecule is COc1ccc(N2C(=O)CC[C@@H](C(=O)Nc3cc(OC)ccc3OC)[C@H]2c2ccc(F)cc2)cc1. The first-order chi connectivity index (χ1) is 16.9. The summed E-state index contributed by atoms with van der Waals surface area (Å²) in [6.07, 6.45) is 0.530. The Bertz CT molecular complexity index is 1200. The van der Waals surface area contributed by atoms with Crippen LogP contribution < -0.4 is 24.4 Å². The van der Waals surface area contributed by atoms with Gasteiger partial charge in [0.25, 0.3) is 0 Å². The van der Waals surface area contributed by atoms with Crippen molar-refractivity contribution in [2.24, 2.45) is 5.92 Å². The maximum atomic E-state index is 13.7. The van der Waals surface area contributed by atoms with Gasteiger partial charge in [-0.3, -0.25) is 9.59 Å². The van der Waals surface area contributed by atoms with Gasteiger partial charge in [0.1, 0.15) is 23.1 Å². The quantitative estimate of drug-likeness (QED) is 0.519. The lowest BCUT2D eigenvalue weighted by Crippen LogP contribution is -2.47. The zero-order valence-corrected chi connectivity index (χ0v) is 19.8. The molecule has 1 N–H and O–H groups in total. The van der Waals surface area contributed by atoms with Gasteiger partial charge in [0.05, 0.1) is 39.0 Å². The molecule has 8 heteroatoms. The molecule has 2 amide bonds. The summed E-state index contributed by atoms with van der Waals surface area (Å²) in [4.78, 5) is 28.4. The predicted molar refractivity (Wildman–Crippen MR) is 131 cm³/mol. The highest BCUT2D eigenvalue weighted by Gasteiger charge is 2.41. The third kappa shape index (κ3) is 5.06. The minimum atomic E-state index is -0.637. The summed E-state index contributed by atoms with van der Waals surface area (Å²) in [5, 5.41) is 2.95. The van der Waals surface area contributed by atoms with Crippen LogP contribution in [0.1, 0.15) is 24.4 Å². The Hall–Kier alpha value is -4.07. The molecule has 0 unspecified atom stereocenters. The van der Waals surface area contributed by atoms with E-state index in [0.717, 1.165) is 0 Å². The molecular weight excluding hydrogens is 451 g/mol. The van der Waals surface area contributed by atoms with Crippen LogP contribution in [0.3, 0.4) is 0 Å². The van der Waals surface area contributed by atoms with Crippen LogP contribution in [-0.2, 0) is 9.59 Å². The standard InChI is InChI=1S/C27H27FN2O5/c1-33-20-10-8-19(9-11-20)30-25(31)15-13-22(26(30)17-4-6-18(28)7-5-17)27(32)29-23-16-21(34-2)12-14-24(23)35-3/h4-12,14,16,22,26H,13,15H2,1-3H3,(H,29,32)/t22-,26-/m1/s1. The van der Waals surface area contributed by atoms with Crippen molar-refractivity contribution in [2.45, 2.75) is 18.9 Å². The van der Waals surface area contributed by atoms with Crippen LogP contribution in [-0.4, -0.2) is 33.1 Å². The monoisotopic (exact) mass is 478 g/mol. The van der Waals surface area contributed by atoms with Gasteiger partial charge in [0.15, 0.2) is 0 Å². The molecule has 0 aromatic heterocycles. The highest BCUT2D eigenvalue weighted by atomic mass is 19.1. The molecule has 3 aromatic rings. The Morgan fingerprint density at radius 2 is 1.57 bits per heavy atom. The smallest absolute Gasteiger partial charge is 0.230 e. The van der Waals surface area contributed by atoms with Crippen molar-refractivity contribution in [1.29, 1.82) is 0 Å². The lowest BCUT2D eigenvalue weighted by Gasteiger charge is -2.41. The van der Waals surface area contributed by atoms with E-state index in [-0.39, 0.29) is 18.2 Å². The highest BCUT2D eigenvalue weighted by Crippen LogP contribution is 2.41. The summed E-state index contributed by atoms with van der Waals surface area (Å²) in [6.45, 7) is 0. The summed E-state index contributed by atoms with van der Waals surface area (Å²) in [6, 6.07) is 17.5. The Morgan fingerprint density at radius 3 is 2.20 bits per heavy atom. The van der Waals surface area contributed by atoms with Crippen LogP contribution in [0.5, 0.6) is 17.2 Å². The molecule has 182 valence electrons. The van der Waals surface area contributed by atoms with Crippen LogP contribution in [0.25, 0.3) is 0 Å². The predicted octanol–water partition coefficient (Wildman–Crippen LogP) is 4.97. The van der Waals surface area contributed by atoms with E-state index in [9.17, 15) is 14.0 Å². The first kappa shape index (κ1) is 24.1. The van der Waals surface area contributed by atoms with Gasteiger partial charge in [-0.25, -0.2) is 4.39 Å². The first-order valence-electron chi connectivity index (χ1n) is 11.2. The van der Waals surface area contributed by atoms with Crippen molar-refractivity contribution < 1.29 is 28.2 Å². The van der Waals surface area contributed by atoms with Crippen molar-refractivity contribution >= 4 is 23.2 Å². The number of methoxy groups -OCH3 is 3. The van der Waals surface area contributed by atoms with Gasteiger partial charge in [-0.2, -0.15) is 0 Å². The molecular formula is C27H27FN2O5. The second-order valence-corrected chi connectivity index (χ2v) is 8.16. The van der Waals surface area contributed by atoms with Crippen LogP contribution in [0.2, 0.25) is 0 Å². The molecule has 0 spiro atoms. The van der Waals surface area contributed by atoms with Gasteiger partial charge >= 0.3 is 0 Å². The molecule has 1 fully saturated rings. The van der Waals surface area contributed by atoms with Gasteiger partial charge in [-0.15, -0.1) is 0 Å². The Kier molecular flexibility index (Phi) is 7.19. The Morgan fingerprint density at radius 1 is 0.914 bits per heavy atom. The fraction of sp³-hybridized carbons (Fsp3) is 0.259. The minimum absolute atomic E-state index is 0.118. The Labute approximate surface area is 203 Å². The largest absolute Gasteiger partial charge is 0.497 e. The number of carbonyl (C=O) groups is 2. The molecule has 4 rings (SSSR count). The number of benzene rings is 3. The van der Waals surface area contributed by atoms with Gasteiger partial charge in [-0.1, -0.05) is 12.1 Å². The molecule has 1 saturated heterocycles. The fourth-order valence-corrected chi connectivity index (χ4v) is 4.39. The number of rotatable bonds is 7. The number of nitrogens with zero attached hydrogens (tertiary/aromatic N) is 1. The van der Waals surface area contributed by atoms with Crippen molar-refractivity contribution in [3.05, 3.63) is 78.1 Å². The van der Waals surface area contributed by atoms with Crippen LogP contribution in [0.4, 0.5) is 15.8 Å². The topological polar surface area (TPSA) is 77.1 Å². The van der Waals surface area contributed by atoms with E-state index in [1.54, 1.807) is 66.6 Å². The van der Waals surface area contributed by atoms with Gasteiger partial charge in [0.2, 0.25) is 11.8 Å². The summed E-state index contributed by atoms with van der Waals surface area (Å²) >= 11 is 0. The number of hydrogen-bond acceptors (Lipinski definition) is 5. The molecule has 7 nitrogen and oxygen atoms in total. The van der Waals surface area contributed by atoms with Crippen molar-refractivity contribution in [3.63, 3.8) is 0 Å². The number of ether oxygens (including phenoxy) is 3. The van der Waals surface area contributed by atoms with Gasteiger partial charge in [0, 0.05) is 18.2 Å². The van der Waals surface area contributed by atoms with Crippen molar-refractivity contribution in [2.75, 3.05) is 31.5 Å². The third-order valence-corrected chi connectivity index (χ3v) is 6.16. The molecule has 1 aliphatic rings. The van der Waals surface area contributed by atoms with Gasteiger partial charge < -0.3 is 24.4 Å². The average molecular weight is 479 g/mol. The summed E-state index contributed by atoms with van der Waals surface area (Å²) < 4.78 is 29.7. The maximum absolute atomic E-state index is 13.7. The number of hydrogen-bond donors (Lipinski definition) is 1. The second-order valence-electron chi connectivity index (χ2n) is 8.16. The van der Waals surface area contributed by atoms with E-state index in [1.165, 1.54) is 26.4 Å². The van der Waals surface area contributed by atoms with Crippen molar-refractivity contribution in [3.8, 4) is 17.2 Å². The van der Waals surface area contributed by atoms with E-state index < -0.39 is 17.8 Å². The number of anilines is 2. The number of halogens is 1. The van der Waals surface area contributed by atoms with E-state index in [1.807, 2.05) is 0 Å². The van der Waals surface area contributed by atoms with E-state index in [0.29, 0.717) is 40.6 Å². The summed E-state index contributed by atoms with van der Waals surface area (Å²) in [7, 11) is 4.62. The molecule has 2 atom stereocenters. The van der Waals surface area contributed by atoms with Crippen LogP contribution in [0, 0.1) is 11.7 Å². The normalized spacial score (nSPS) is 17.6. The van der Waals surface area contributed by atoms with Gasteiger partial charge in [-0.05, 0) is 60.5 Å². The second kappa shape index (κ2) is 10.5. The molecule has 1 heterocycles. The Balaban J connectivity index is 1.73. The molecule has 1 aliphatic heterocycles. The minimum Gasteiger partial charge on any atom is -0.497 e. The lowest BCUT2D eigenvalue weighted by molar-refractivity contribution is -0.125. The van der Waals surface area contributed by atoms with E-state index >= 15 is 0 Å². The summed E-state index contributed by atoms with van der Waals surface area (Å²) in [5.74, 6) is 0.303. The zero-order chi connectivity index (χ0) is 24.9. The number of nitrogens with one attached hydrogen (secondary N) is 1. The molecule has 0 radical (unpaired) electrons. The average Bonchev–Trinajstić information content (AvgIpc) is 2.89. The fourth-order valence-electron chi connectivity index (χ4n) is 4.39. The molecule has 3 aromatic carbocycles. The van der Waals surface area contributed by atoms with Crippen molar-refractivity contribution in [1.82, 2.24) is 0 Å². The number of piperidine rings is 1. The molecule has 0 saturated carbocycles. The first-order valence-corrected chi connectivity index (χ1v) is 11.2. The third-order valence-electron chi connectivity index (χ3n) is 6.16. The number of carbonyl (C=O) groups excluding carboxylic acids is 2. The molecule has 0 aliphatic carbocycles. The molecule has 35 heavy (non-hydrogen) atoms. The summed E-state index contributed by atoms with van der Waals surface area (Å²) in [5.41, 5.74) is 1.75. The lowest BCUT2D eigenvalue weighted by atomic mass is 9.83. The van der Waals surface area contributed by atoms with Crippen LogP contribution in [0.15, 0.2) is 66.7 Å². The van der Waals surface area contributed by atoms with Crippen LogP contribution >= 0.6 is 0 Å². The number of amides is 2. The highest BCUT2D eigenvalue weighted by molar-refractivity contribution is 6.00. The maximum Gasteiger partial charge on any atom is 0.230 e. The molecule has 0 bridgehead atoms. The van der Waals surface area contributed by atoms with E-state index in [4.69, 9.17) is 14.2 Å². The zero-order valence-electron chi connectivity index (χ0n) is 19.8.